The molecule has 73 heavy (non-hydrogen) atoms. The summed E-state index contributed by atoms with van der Waals surface area (Å²) in [6.07, 6.45) is 86.8. The molecule has 0 N–H and O–H groups in total. The summed E-state index contributed by atoms with van der Waals surface area (Å²) in [4.78, 5) is 38.2. The zero-order valence-electron chi connectivity index (χ0n) is 46.6. The van der Waals surface area contributed by atoms with Gasteiger partial charge in [0.05, 0.1) is 0 Å². The molecule has 0 saturated heterocycles. The molecule has 6 nitrogen and oxygen atoms in total. The van der Waals surface area contributed by atoms with Crippen molar-refractivity contribution in [3.8, 4) is 0 Å². The van der Waals surface area contributed by atoms with Gasteiger partial charge >= 0.3 is 17.9 Å². The van der Waals surface area contributed by atoms with Gasteiger partial charge in [-0.25, -0.2) is 0 Å². The third-order valence-corrected chi connectivity index (χ3v) is 11.5. The van der Waals surface area contributed by atoms with Crippen molar-refractivity contribution < 1.29 is 28.6 Å². The third-order valence-electron chi connectivity index (χ3n) is 11.5. The van der Waals surface area contributed by atoms with Crippen LogP contribution in [0.25, 0.3) is 0 Å². The van der Waals surface area contributed by atoms with E-state index in [2.05, 4.69) is 167 Å². The standard InChI is InChI=1S/C67H104O6/c1-4-7-10-13-16-19-22-25-28-31-33-36-39-42-45-48-51-54-57-60-66(69)72-63-64(62-71-65(68)59-56-53-50-47-44-41-38-35-30-27-24-21-18-15-12-9-6-3)73-67(70)61-58-55-52-49-46-43-40-37-34-32-29-26-23-20-17-14-11-8-5-2/h7-8,10-11,16-17,19-20,25-30,33-34,36-38,41-42,45,47,50-51,54,64H,4-6,9,12-15,18,21-24,31-32,35,39-40,43-44,46,48-49,52-53,55-63H2,1-3H3/b10-7-,11-8-,19-16-,20-17-,28-25-,29-26-,30-27-,36-33-,37-34-,41-38-,45-42-,50-47-,54-51-. The zero-order chi connectivity index (χ0) is 52.9. The van der Waals surface area contributed by atoms with Crippen molar-refractivity contribution in [2.75, 3.05) is 13.2 Å². The molecule has 0 bridgehead atoms. The van der Waals surface area contributed by atoms with Crippen LogP contribution in [0, 0.1) is 0 Å². The smallest absolute Gasteiger partial charge is 0.306 e. The number of unbranched alkanes of at least 4 members (excludes halogenated alkanes) is 13. The fraction of sp³-hybridized carbons (Fsp3) is 0.567. The van der Waals surface area contributed by atoms with Crippen LogP contribution in [0.2, 0.25) is 0 Å². The van der Waals surface area contributed by atoms with Crippen LogP contribution in [-0.4, -0.2) is 37.2 Å². The molecule has 0 aromatic heterocycles. The first-order valence-electron chi connectivity index (χ1n) is 29.0. The Morgan fingerprint density at radius 1 is 0.288 bits per heavy atom. The maximum absolute atomic E-state index is 12.9. The van der Waals surface area contributed by atoms with Crippen LogP contribution in [0.3, 0.4) is 0 Å². The van der Waals surface area contributed by atoms with Gasteiger partial charge < -0.3 is 14.2 Å². The second kappa shape index (κ2) is 59.6. The van der Waals surface area contributed by atoms with Gasteiger partial charge in [0.15, 0.2) is 6.10 Å². The number of esters is 3. The van der Waals surface area contributed by atoms with E-state index in [0.717, 1.165) is 116 Å². The lowest BCUT2D eigenvalue weighted by Gasteiger charge is -2.18. The van der Waals surface area contributed by atoms with Crippen molar-refractivity contribution in [3.05, 3.63) is 158 Å². The largest absolute Gasteiger partial charge is 0.462 e. The van der Waals surface area contributed by atoms with E-state index >= 15 is 0 Å². The number of ether oxygens (including phenoxy) is 3. The molecule has 0 aliphatic carbocycles. The second-order valence-corrected chi connectivity index (χ2v) is 18.4. The Morgan fingerprint density at radius 2 is 0.575 bits per heavy atom. The molecule has 0 aliphatic rings. The molecule has 0 rings (SSSR count). The van der Waals surface area contributed by atoms with Crippen molar-refractivity contribution in [1.29, 1.82) is 0 Å². The fourth-order valence-corrected chi connectivity index (χ4v) is 7.24. The molecule has 408 valence electrons. The molecule has 0 aromatic rings. The molecule has 1 unspecified atom stereocenters. The Bertz CT molecular complexity index is 1670. The number of hydrogen-bond donors (Lipinski definition) is 0. The van der Waals surface area contributed by atoms with Crippen LogP contribution < -0.4 is 0 Å². The number of carbonyl (C=O) groups is 3. The molecule has 0 heterocycles. The summed E-state index contributed by atoms with van der Waals surface area (Å²) in [7, 11) is 0. The second-order valence-electron chi connectivity index (χ2n) is 18.4. The molecule has 0 fully saturated rings. The van der Waals surface area contributed by atoms with Crippen LogP contribution in [0.15, 0.2) is 158 Å². The summed E-state index contributed by atoms with van der Waals surface area (Å²) in [6.45, 7) is 6.27. The van der Waals surface area contributed by atoms with Crippen molar-refractivity contribution in [2.24, 2.45) is 0 Å². The van der Waals surface area contributed by atoms with Crippen LogP contribution in [-0.2, 0) is 28.6 Å². The van der Waals surface area contributed by atoms with Gasteiger partial charge in [0.25, 0.3) is 0 Å². The minimum atomic E-state index is -0.846. The normalized spacial score (nSPS) is 13.3. The van der Waals surface area contributed by atoms with Crippen LogP contribution >= 0.6 is 0 Å². The molecule has 0 amide bonds. The van der Waals surface area contributed by atoms with Gasteiger partial charge in [0.2, 0.25) is 0 Å². The van der Waals surface area contributed by atoms with Crippen LogP contribution in [0.4, 0.5) is 0 Å². The highest BCUT2D eigenvalue weighted by Crippen LogP contribution is 2.12. The molecular formula is C67H104O6. The van der Waals surface area contributed by atoms with E-state index in [1.165, 1.54) is 57.8 Å². The van der Waals surface area contributed by atoms with Gasteiger partial charge in [-0.2, -0.15) is 0 Å². The Kier molecular flexibility index (Phi) is 55.5. The average molecular weight is 1010 g/mol. The Morgan fingerprint density at radius 3 is 0.959 bits per heavy atom. The first kappa shape index (κ1) is 68.0. The number of carbonyl (C=O) groups excluding carboxylic acids is 3. The van der Waals surface area contributed by atoms with E-state index in [9.17, 15) is 14.4 Å². The predicted octanol–water partition coefficient (Wildman–Crippen LogP) is 19.8. The summed E-state index contributed by atoms with van der Waals surface area (Å²) >= 11 is 0. The topological polar surface area (TPSA) is 78.9 Å². The SMILES string of the molecule is CC/C=C\C/C=C\C/C=C\C/C=C\C/C=C\C/C=C\CCC(=O)OCC(COC(=O)CCC/C=C\C/C=C\C/C=C\CCCCCCCC)OC(=O)CCCCCCCC/C=C\C/C=C\C/C=C\C/C=C\CC. The van der Waals surface area contributed by atoms with E-state index in [1.54, 1.807) is 0 Å². The first-order valence-corrected chi connectivity index (χ1v) is 29.0. The van der Waals surface area contributed by atoms with E-state index in [0.29, 0.717) is 12.8 Å². The van der Waals surface area contributed by atoms with Crippen molar-refractivity contribution in [2.45, 2.75) is 232 Å². The van der Waals surface area contributed by atoms with Gasteiger partial charge in [0, 0.05) is 19.3 Å². The Labute approximate surface area is 448 Å². The molecular weight excluding hydrogens is 901 g/mol. The lowest BCUT2D eigenvalue weighted by molar-refractivity contribution is -0.166. The minimum absolute atomic E-state index is 0.141. The Hall–Kier alpha value is -4.97. The molecule has 0 aromatic carbocycles. The molecule has 1 atom stereocenters. The third kappa shape index (κ3) is 57.8. The highest BCUT2D eigenvalue weighted by Gasteiger charge is 2.19. The summed E-state index contributed by atoms with van der Waals surface area (Å²) in [5.41, 5.74) is 0. The van der Waals surface area contributed by atoms with Gasteiger partial charge in [-0.15, -0.1) is 0 Å². The lowest BCUT2D eigenvalue weighted by Crippen LogP contribution is -2.30. The van der Waals surface area contributed by atoms with E-state index in [-0.39, 0.29) is 50.4 Å². The zero-order valence-corrected chi connectivity index (χ0v) is 46.6. The molecule has 0 aliphatic heterocycles. The minimum Gasteiger partial charge on any atom is -0.462 e. The summed E-state index contributed by atoms with van der Waals surface area (Å²) in [6, 6.07) is 0. The van der Waals surface area contributed by atoms with Gasteiger partial charge in [-0.05, 0) is 128 Å². The lowest BCUT2D eigenvalue weighted by atomic mass is 10.1. The van der Waals surface area contributed by atoms with Crippen molar-refractivity contribution >= 4 is 17.9 Å². The predicted molar refractivity (Wildman–Crippen MR) is 315 cm³/mol. The highest BCUT2D eigenvalue weighted by atomic mass is 16.6. The average Bonchev–Trinajstić information content (AvgIpc) is 3.39. The number of rotatable bonds is 50. The quantitative estimate of drug-likeness (QED) is 0.0261. The molecule has 0 saturated carbocycles. The van der Waals surface area contributed by atoms with Crippen molar-refractivity contribution in [3.63, 3.8) is 0 Å². The maximum Gasteiger partial charge on any atom is 0.306 e. The van der Waals surface area contributed by atoms with Gasteiger partial charge in [-0.1, -0.05) is 237 Å². The number of hydrogen-bond acceptors (Lipinski definition) is 6. The summed E-state index contributed by atoms with van der Waals surface area (Å²) in [5, 5.41) is 0. The van der Waals surface area contributed by atoms with Crippen molar-refractivity contribution in [1.82, 2.24) is 0 Å². The summed E-state index contributed by atoms with van der Waals surface area (Å²) < 4.78 is 16.7. The van der Waals surface area contributed by atoms with Crippen LogP contribution in [0.5, 0.6) is 0 Å². The van der Waals surface area contributed by atoms with Gasteiger partial charge in [0.1, 0.15) is 13.2 Å². The van der Waals surface area contributed by atoms with Crippen LogP contribution in [0.1, 0.15) is 226 Å². The van der Waals surface area contributed by atoms with E-state index < -0.39 is 6.10 Å². The fourth-order valence-electron chi connectivity index (χ4n) is 7.24. The highest BCUT2D eigenvalue weighted by molar-refractivity contribution is 5.71. The molecule has 0 spiro atoms. The summed E-state index contributed by atoms with van der Waals surface area (Å²) in [5.74, 6) is -1.10. The van der Waals surface area contributed by atoms with Gasteiger partial charge in [-0.3, -0.25) is 14.4 Å². The van der Waals surface area contributed by atoms with E-state index in [1.807, 2.05) is 12.2 Å². The monoisotopic (exact) mass is 1000 g/mol. The first-order chi connectivity index (χ1) is 36.0. The molecule has 0 radical (unpaired) electrons. The Balaban J connectivity index is 4.63. The maximum atomic E-state index is 12.9. The molecule has 6 heteroatoms. The van der Waals surface area contributed by atoms with E-state index in [4.69, 9.17) is 14.2 Å². The number of allylic oxidation sites excluding steroid dienone is 26.